The van der Waals surface area contributed by atoms with Crippen molar-refractivity contribution in [2.24, 2.45) is 11.8 Å². The number of hydrogen-bond donors (Lipinski definition) is 1. The number of nitrogens with zero attached hydrogens (tertiary/aromatic N) is 1. The van der Waals surface area contributed by atoms with Crippen LogP contribution < -0.4 is 5.32 Å². The first kappa shape index (κ1) is 14.3. The van der Waals surface area contributed by atoms with Crippen LogP contribution in [0.15, 0.2) is 0 Å². The first-order valence-corrected chi connectivity index (χ1v) is 8.08. The van der Waals surface area contributed by atoms with Crippen molar-refractivity contribution >= 4 is 0 Å². The van der Waals surface area contributed by atoms with Gasteiger partial charge in [0.25, 0.3) is 0 Å². The molecule has 18 heavy (non-hydrogen) atoms. The Morgan fingerprint density at radius 3 is 2.44 bits per heavy atom. The molecule has 0 saturated heterocycles. The summed E-state index contributed by atoms with van der Waals surface area (Å²) in [5.74, 6) is 1.73. The highest BCUT2D eigenvalue weighted by atomic mass is 15.2. The molecule has 1 N–H and O–H groups in total. The van der Waals surface area contributed by atoms with Crippen LogP contribution in [-0.2, 0) is 0 Å². The third kappa shape index (κ3) is 3.08. The highest BCUT2D eigenvalue weighted by Gasteiger charge is 2.39. The van der Waals surface area contributed by atoms with Crippen molar-refractivity contribution in [1.82, 2.24) is 10.2 Å². The van der Waals surface area contributed by atoms with Crippen molar-refractivity contribution in [3.63, 3.8) is 0 Å². The summed E-state index contributed by atoms with van der Waals surface area (Å²) < 4.78 is 0. The van der Waals surface area contributed by atoms with Gasteiger partial charge in [0.15, 0.2) is 0 Å². The van der Waals surface area contributed by atoms with Gasteiger partial charge in [0.1, 0.15) is 0 Å². The second kappa shape index (κ2) is 6.38. The maximum Gasteiger partial charge on any atom is 0.0274 e. The number of rotatable bonds is 5. The Morgan fingerprint density at radius 2 is 1.89 bits per heavy atom. The maximum atomic E-state index is 3.82. The summed E-state index contributed by atoms with van der Waals surface area (Å²) in [7, 11) is 2.38. The third-order valence-corrected chi connectivity index (χ3v) is 5.20. The highest BCUT2D eigenvalue weighted by Crippen LogP contribution is 2.35. The van der Waals surface area contributed by atoms with Gasteiger partial charge < -0.3 is 5.32 Å². The van der Waals surface area contributed by atoms with Crippen LogP contribution in [0.5, 0.6) is 0 Å². The minimum atomic E-state index is 0.717. The second-order valence-electron chi connectivity index (χ2n) is 6.86. The van der Waals surface area contributed by atoms with Crippen molar-refractivity contribution in [1.29, 1.82) is 0 Å². The van der Waals surface area contributed by atoms with Gasteiger partial charge in [-0.2, -0.15) is 0 Å². The zero-order chi connectivity index (χ0) is 13.1. The van der Waals surface area contributed by atoms with Gasteiger partial charge in [0, 0.05) is 18.1 Å². The van der Waals surface area contributed by atoms with Gasteiger partial charge in [0.2, 0.25) is 0 Å². The first-order valence-electron chi connectivity index (χ1n) is 8.08. The molecule has 0 aromatic carbocycles. The predicted molar refractivity (Wildman–Crippen MR) is 78.8 cm³/mol. The molecule has 4 atom stereocenters. The molecule has 0 aromatic rings. The molecule has 0 bridgehead atoms. The monoisotopic (exact) mass is 252 g/mol. The summed E-state index contributed by atoms with van der Waals surface area (Å²) in [5, 5.41) is 3.82. The van der Waals surface area contributed by atoms with Gasteiger partial charge in [-0.05, 0) is 57.5 Å². The summed E-state index contributed by atoms with van der Waals surface area (Å²) in [6.07, 6.45) is 8.32. The predicted octanol–water partition coefficient (Wildman–Crippen LogP) is 3.27. The van der Waals surface area contributed by atoms with Gasteiger partial charge in [-0.25, -0.2) is 0 Å². The molecule has 2 saturated carbocycles. The zero-order valence-corrected chi connectivity index (χ0v) is 12.8. The molecule has 2 rings (SSSR count). The zero-order valence-electron chi connectivity index (χ0n) is 12.8. The summed E-state index contributed by atoms with van der Waals surface area (Å²) in [5.41, 5.74) is 0. The quantitative estimate of drug-likeness (QED) is 0.808. The van der Waals surface area contributed by atoms with E-state index in [1.165, 1.54) is 45.1 Å². The van der Waals surface area contributed by atoms with Crippen LogP contribution in [0.3, 0.4) is 0 Å². The molecule has 4 unspecified atom stereocenters. The Hall–Kier alpha value is -0.0800. The van der Waals surface area contributed by atoms with E-state index in [1.807, 2.05) is 0 Å². The summed E-state index contributed by atoms with van der Waals surface area (Å²) >= 11 is 0. The van der Waals surface area contributed by atoms with Gasteiger partial charge in [-0.1, -0.05) is 27.2 Å². The Kier molecular flexibility index (Phi) is 5.08. The van der Waals surface area contributed by atoms with E-state index in [0.717, 1.165) is 23.9 Å². The van der Waals surface area contributed by atoms with E-state index >= 15 is 0 Å². The third-order valence-electron chi connectivity index (χ3n) is 5.20. The van der Waals surface area contributed by atoms with E-state index in [0.29, 0.717) is 6.04 Å². The molecule has 2 fully saturated rings. The van der Waals surface area contributed by atoms with E-state index < -0.39 is 0 Å². The van der Waals surface area contributed by atoms with Crippen LogP contribution in [0.25, 0.3) is 0 Å². The summed E-state index contributed by atoms with van der Waals surface area (Å²) in [6, 6.07) is 2.35. The topological polar surface area (TPSA) is 15.3 Å². The van der Waals surface area contributed by atoms with Crippen molar-refractivity contribution in [2.45, 2.75) is 77.4 Å². The van der Waals surface area contributed by atoms with E-state index in [9.17, 15) is 0 Å². The lowest BCUT2D eigenvalue weighted by atomic mass is 9.74. The molecule has 106 valence electrons. The van der Waals surface area contributed by atoms with Crippen LogP contribution in [0.1, 0.15) is 59.3 Å². The van der Waals surface area contributed by atoms with Crippen LogP contribution in [0.4, 0.5) is 0 Å². The van der Waals surface area contributed by atoms with Crippen molar-refractivity contribution in [3.8, 4) is 0 Å². The molecule has 0 heterocycles. The molecule has 0 spiro atoms. The number of likely N-dealkylation sites (N-methyl/N-ethyl adjacent to an activating group) is 1. The maximum absolute atomic E-state index is 3.82. The smallest absolute Gasteiger partial charge is 0.0274 e. The van der Waals surface area contributed by atoms with Gasteiger partial charge in [0.05, 0.1) is 0 Å². The highest BCUT2D eigenvalue weighted by molar-refractivity contribution is 4.96. The Morgan fingerprint density at radius 1 is 1.17 bits per heavy atom. The average molecular weight is 252 g/mol. The lowest BCUT2D eigenvalue weighted by Crippen LogP contribution is -2.59. The summed E-state index contributed by atoms with van der Waals surface area (Å²) in [6.45, 7) is 8.35. The lowest BCUT2D eigenvalue weighted by molar-refractivity contribution is 0.0243. The van der Waals surface area contributed by atoms with Crippen molar-refractivity contribution in [3.05, 3.63) is 0 Å². The molecule has 0 aliphatic heterocycles. The SMILES string of the molecule is CCCNC1CC(C)CC(C)C1N(C)C1CCC1. The number of hydrogen-bond acceptors (Lipinski definition) is 2. The summed E-state index contributed by atoms with van der Waals surface area (Å²) in [4.78, 5) is 2.72. The first-order chi connectivity index (χ1) is 8.63. The molecular formula is C16H32N2. The molecule has 0 aromatic heterocycles. The van der Waals surface area contributed by atoms with Crippen LogP contribution in [-0.4, -0.2) is 36.6 Å². The molecule has 2 heteroatoms. The molecule has 2 aliphatic carbocycles. The van der Waals surface area contributed by atoms with E-state index in [2.05, 4.69) is 38.0 Å². The fourth-order valence-corrected chi connectivity index (χ4v) is 4.10. The standard InChI is InChI=1S/C16H32N2/c1-5-9-17-15-11-12(2)10-13(3)16(15)18(4)14-7-6-8-14/h12-17H,5-11H2,1-4H3. The van der Waals surface area contributed by atoms with E-state index in [-0.39, 0.29) is 0 Å². The minimum Gasteiger partial charge on any atom is -0.312 e. The molecule has 0 amide bonds. The van der Waals surface area contributed by atoms with Crippen LogP contribution in [0.2, 0.25) is 0 Å². The van der Waals surface area contributed by atoms with Gasteiger partial charge in [-0.15, -0.1) is 0 Å². The van der Waals surface area contributed by atoms with Gasteiger partial charge >= 0.3 is 0 Å². The van der Waals surface area contributed by atoms with E-state index in [1.54, 1.807) is 0 Å². The van der Waals surface area contributed by atoms with Crippen molar-refractivity contribution in [2.75, 3.05) is 13.6 Å². The Bertz CT molecular complexity index is 249. The molecule has 2 nitrogen and oxygen atoms in total. The second-order valence-corrected chi connectivity index (χ2v) is 6.86. The fraction of sp³-hybridized carbons (Fsp3) is 1.00. The van der Waals surface area contributed by atoms with Crippen LogP contribution in [0, 0.1) is 11.8 Å². The Balaban J connectivity index is 2.00. The molecular weight excluding hydrogens is 220 g/mol. The lowest BCUT2D eigenvalue weighted by Gasteiger charge is -2.49. The number of nitrogens with one attached hydrogen (secondary N) is 1. The fourth-order valence-electron chi connectivity index (χ4n) is 4.10. The normalized spacial score (nSPS) is 37.8. The van der Waals surface area contributed by atoms with Gasteiger partial charge in [-0.3, -0.25) is 4.90 Å². The average Bonchev–Trinajstić information content (AvgIpc) is 2.22. The largest absolute Gasteiger partial charge is 0.312 e. The van der Waals surface area contributed by atoms with E-state index in [4.69, 9.17) is 0 Å². The van der Waals surface area contributed by atoms with Crippen LogP contribution >= 0.6 is 0 Å². The molecule has 2 aliphatic rings. The Labute approximate surface area is 114 Å². The minimum absolute atomic E-state index is 0.717. The molecule has 0 radical (unpaired) electrons. The van der Waals surface area contributed by atoms with Crippen molar-refractivity contribution < 1.29 is 0 Å².